The molecule has 3 aromatic rings. The molecule has 0 aliphatic heterocycles. The summed E-state index contributed by atoms with van der Waals surface area (Å²) in [6, 6.07) is 12.0. The SMILES string of the molecule is Fc1ccc(-c2nnn(Cc3cccc(F)c3)n2)cc1. The average Bonchev–Trinajstić information content (AvgIpc) is 2.88. The molecule has 100 valence electrons. The molecule has 0 saturated heterocycles. The van der Waals surface area contributed by atoms with E-state index in [9.17, 15) is 8.78 Å². The number of hydrogen-bond acceptors (Lipinski definition) is 3. The molecule has 20 heavy (non-hydrogen) atoms. The summed E-state index contributed by atoms with van der Waals surface area (Å²) in [6.45, 7) is 0.325. The number of aromatic nitrogens is 4. The minimum Gasteiger partial charge on any atom is -0.207 e. The van der Waals surface area contributed by atoms with Crippen molar-refractivity contribution in [2.75, 3.05) is 0 Å². The molecule has 0 radical (unpaired) electrons. The highest BCUT2D eigenvalue weighted by Crippen LogP contribution is 2.14. The Morgan fingerprint density at radius 3 is 2.50 bits per heavy atom. The van der Waals surface area contributed by atoms with E-state index in [0.29, 0.717) is 17.9 Å². The molecule has 3 rings (SSSR count). The average molecular weight is 272 g/mol. The fourth-order valence-electron chi connectivity index (χ4n) is 1.82. The zero-order valence-electron chi connectivity index (χ0n) is 10.4. The predicted octanol–water partition coefficient (Wildman–Crippen LogP) is 2.67. The Kier molecular flexibility index (Phi) is 3.20. The van der Waals surface area contributed by atoms with Crippen molar-refractivity contribution in [3.8, 4) is 11.4 Å². The lowest BCUT2D eigenvalue weighted by Gasteiger charge is -1.99. The molecule has 0 amide bonds. The van der Waals surface area contributed by atoms with Gasteiger partial charge in [-0.05, 0) is 47.2 Å². The van der Waals surface area contributed by atoms with Gasteiger partial charge in [0.2, 0.25) is 5.82 Å². The summed E-state index contributed by atoms with van der Waals surface area (Å²) in [6.07, 6.45) is 0. The van der Waals surface area contributed by atoms with Crippen LogP contribution in [0.25, 0.3) is 11.4 Å². The largest absolute Gasteiger partial charge is 0.207 e. The van der Waals surface area contributed by atoms with Gasteiger partial charge in [0.15, 0.2) is 0 Å². The zero-order chi connectivity index (χ0) is 13.9. The van der Waals surface area contributed by atoms with Gasteiger partial charge in [0.25, 0.3) is 0 Å². The topological polar surface area (TPSA) is 43.6 Å². The van der Waals surface area contributed by atoms with Gasteiger partial charge < -0.3 is 0 Å². The van der Waals surface area contributed by atoms with Crippen LogP contribution in [-0.2, 0) is 6.54 Å². The van der Waals surface area contributed by atoms with Crippen LogP contribution in [0.4, 0.5) is 8.78 Å². The summed E-state index contributed by atoms with van der Waals surface area (Å²) in [5, 5.41) is 12.0. The Hall–Kier alpha value is -2.63. The molecule has 0 unspecified atom stereocenters. The van der Waals surface area contributed by atoms with E-state index in [-0.39, 0.29) is 11.6 Å². The first-order chi connectivity index (χ1) is 9.70. The van der Waals surface area contributed by atoms with Crippen LogP contribution in [0.15, 0.2) is 48.5 Å². The fourth-order valence-corrected chi connectivity index (χ4v) is 1.82. The molecular formula is C14H10F2N4. The maximum absolute atomic E-state index is 13.1. The number of nitrogens with zero attached hydrogens (tertiary/aromatic N) is 4. The second kappa shape index (κ2) is 5.16. The Balaban J connectivity index is 1.82. The number of rotatable bonds is 3. The molecule has 0 aliphatic rings. The molecule has 0 bridgehead atoms. The first-order valence-corrected chi connectivity index (χ1v) is 5.99. The van der Waals surface area contributed by atoms with Gasteiger partial charge in [0.05, 0.1) is 6.54 Å². The van der Waals surface area contributed by atoms with E-state index in [0.717, 1.165) is 5.56 Å². The van der Waals surface area contributed by atoms with Gasteiger partial charge in [-0.15, -0.1) is 10.2 Å². The van der Waals surface area contributed by atoms with E-state index >= 15 is 0 Å². The first-order valence-electron chi connectivity index (χ1n) is 5.99. The molecule has 0 spiro atoms. The first kappa shape index (κ1) is 12.4. The van der Waals surface area contributed by atoms with Crippen LogP contribution in [0.3, 0.4) is 0 Å². The van der Waals surface area contributed by atoms with Crippen LogP contribution in [0.1, 0.15) is 5.56 Å². The van der Waals surface area contributed by atoms with Crippen molar-refractivity contribution in [1.29, 1.82) is 0 Å². The van der Waals surface area contributed by atoms with Crippen molar-refractivity contribution in [3.63, 3.8) is 0 Å². The third-order valence-corrected chi connectivity index (χ3v) is 2.77. The molecule has 0 N–H and O–H groups in total. The molecule has 4 nitrogen and oxygen atoms in total. The quantitative estimate of drug-likeness (QED) is 0.736. The monoisotopic (exact) mass is 272 g/mol. The van der Waals surface area contributed by atoms with Crippen LogP contribution >= 0.6 is 0 Å². The van der Waals surface area contributed by atoms with Crippen LogP contribution in [-0.4, -0.2) is 20.2 Å². The minimum absolute atomic E-state index is 0.304. The van der Waals surface area contributed by atoms with Crippen LogP contribution in [0.5, 0.6) is 0 Å². The Labute approximate surface area is 113 Å². The third-order valence-electron chi connectivity index (χ3n) is 2.77. The van der Waals surface area contributed by atoms with E-state index in [1.165, 1.54) is 29.1 Å². The lowest BCUT2D eigenvalue weighted by Crippen LogP contribution is -2.04. The molecule has 0 saturated carbocycles. The second-order valence-electron chi connectivity index (χ2n) is 4.28. The van der Waals surface area contributed by atoms with Gasteiger partial charge >= 0.3 is 0 Å². The van der Waals surface area contributed by atoms with Crippen molar-refractivity contribution >= 4 is 0 Å². The molecule has 1 aromatic heterocycles. The Bertz CT molecular complexity index is 722. The number of hydrogen-bond donors (Lipinski definition) is 0. The van der Waals surface area contributed by atoms with Crippen molar-refractivity contribution in [1.82, 2.24) is 20.2 Å². The van der Waals surface area contributed by atoms with Gasteiger partial charge in [-0.1, -0.05) is 12.1 Å². The summed E-state index contributed by atoms with van der Waals surface area (Å²) >= 11 is 0. The van der Waals surface area contributed by atoms with Gasteiger partial charge in [-0.2, -0.15) is 4.80 Å². The highest BCUT2D eigenvalue weighted by atomic mass is 19.1. The van der Waals surface area contributed by atoms with E-state index in [4.69, 9.17) is 0 Å². The lowest BCUT2D eigenvalue weighted by molar-refractivity contribution is 0.567. The molecule has 2 aromatic carbocycles. The number of halogens is 2. The Morgan fingerprint density at radius 1 is 0.950 bits per heavy atom. The lowest BCUT2D eigenvalue weighted by atomic mass is 10.2. The molecule has 6 heteroatoms. The molecule has 1 heterocycles. The van der Waals surface area contributed by atoms with E-state index in [2.05, 4.69) is 15.4 Å². The van der Waals surface area contributed by atoms with E-state index in [1.807, 2.05) is 0 Å². The Morgan fingerprint density at radius 2 is 1.75 bits per heavy atom. The normalized spacial score (nSPS) is 10.7. The van der Waals surface area contributed by atoms with Crippen molar-refractivity contribution in [2.45, 2.75) is 6.54 Å². The molecular weight excluding hydrogens is 262 g/mol. The highest BCUT2D eigenvalue weighted by molar-refractivity contribution is 5.53. The van der Waals surface area contributed by atoms with Gasteiger partial charge in [0.1, 0.15) is 11.6 Å². The van der Waals surface area contributed by atoms with Gasteiger partial charge in [0, 0.05) is 5.56 Å². The second-order valence-corrected chi connectivity index (χ2v) is 4.28. The van der Waals surface area contributed by atoms with Crippen molar-refractivity contribution in [3.05, 3.63) is 65.7 Å². The predicted molar refractivity (Wildman–Crippen MR) is 68.7 cm³/mol. The van der Waals surface area contributed by atoms with E-state index < -0.39 is 0 Å². The smallest absolute Gasteiger partial charge is 0.204 e. The summed E-state index contributed by atoms with van der Waals surface area (Å²) in [7, 11) is 0. The van der Waals surface area contributed by atoms with Gasteiger partial charge in [-0.3, -0.25) is 0 Å². The maximum atomic E-state index is 13.1. The molecule has 0 fully saturated rings. The summed E-state index contributed by atoms with van der Waals surface area (Å²) in [5.74, 6) is -0.219. The highest BCUT2D eigenvalue weighted by Gasteiger charge is 2.06. The summed E-state index contributed by atoms with van der Waals surface area (Å²) in [5.41, 5.74) is 1.42. The molecule has 0 aliphatic carbocycles. The minimum atomic E-state index is -0.319. The third kappa shape index (κ3) is 2.69. The standard InChI is InChI=1S/C14H10F2N4/c15-12-6-4-11(5-7-12)14-17-19-20(18-14)9-10-2-1-3-13(16)8-10/h1-8H,9H2. The van der Waals surface area contributed by atoms with Crippen LogP contribution < -0.4 is 0 Å². The summed E-state index contributed by atoms with van der Waals surface area (Å²) in [4.78, 5) is 1.37. The maximum Gasteiger partial charge on any atom is 0.204 e. The molecule has 0 atom stereocenters. The van der Waals surface area contributed by atoms with Crippen LogP contribution in [0, 0.1) is 11.6 Å². The zero-order valence-corrected chi connectivity index (χ0v) is 10.4. The number of tetrazole rings is 1. The van der Waals surface area contributed by atoms with Crippen molar-refractivity contribution in [2.24, 2.45) is 0 Å². The van der Waals surface area contributed by atoms with Crippen LogP contribution in [0.2, 0.25) is 0 Å². The summed E-state index contributed by atoms with van der Waals surface area (Å²) < 4.78 is 25.9. The fraction of sp³-hybridized carbons (Fsp3) is 0.0714. The van der Waals surface area contributed by atoms with E-state index in [1.54, 1.807) is 24.3 Å². The number of benzene rings is 2. The van der Waals surface area contributed by atoms with Gasteiger partial charge in [-0.25, -0.2) is 8.78 Å². The van der Waals surface area contributed by atoms with Crippen molar-refractivity contribution < 1.29 is 8.78 Å².